The summed E-state index contributed by atoms with van der Waals surface area (Å²) in [7, 11) is 3.18. The highest BCUT2D eigenvalue weighted by Crippen LogP contribution is 2.40. The number of alkyl halides is 2. The molecule has 7 nitrogen and oxygen atoms in total. The zero-order valence-corrected chi connectivity index (χ0v) is 17.6. The molecule has 2 heterocycles. The number of amides is 2. The SMILES string of the molecule is COc1ccc(F)c(C2[C@@H](NC(=O)C(C)(F)F)CC(=O)N2c2ccc3c(cnn3C)c2)c1. The van der Waals surface area contributed by atoms with Gasteiger partial charge in [0, 0.05) is 37.0 Å². The van der Waals surface area contributed by atoms with Crippen LogP contribution in [-0.4, -0.2) is 40.7 Å². The van der Waals surface area contributed by atoms with Gasteiger partial charge in [-0.3, -0.25) is 14.3 Å². The van der Waals surface area contributed by atoms with Gasteiger partial charge in [0.05, 0.1) is 30.9 Å². The molecule has 32 heavy (non-hydrogen) atoms. The predicted molar refractivity (Wildman–Crippen MR) is 111 cm³/mol. The smallest absolute Gasteiger partial charge is 0.321 e. The summed E-state index contributed by atoms with van der Waals surface area (Å²) < 4.78 is 48.9. The van der Waals surface area contributed by atoms with Crippen molar-refractivity contribution in [1.82, 2.24) is 15.1 Å². The average Bonchev–Trinajstić information content (AvgIpc) is 3.26. The second-order valence-electron chi connectivity index (χ2n) is 7.78. The number of carbonyl (C=O) groups is 2. The molecule has 0 saturated carbocycles. The second kappa shape index (κ2) is 7.85. The molecule has 1 N–H and O–H groups in total. The molecule has 10 heteroatoms. The van der Waals surface area contributed by atoms with Crippen LogP contribution in [0.15, 0.2) is 42.6 Å². The Morgan fingerprint density at radius 3 is 2.69 bits per heavy atom. The number of fused-ring (bicyclic) bond motifs is 1. The Bertz CT molecular complexity index is 1200. The number of nitrogens with one attached hydrogen (secondary N) is 1. The van der Waals surface area contributed by atoms with Crippen LogP contribution in [0.2, 0.25) is 0 Å². The summed E-state index contributed by atoms with van der Waals surface area (Å²) in [6, 6.07) is 7.00. The third kappa shape index (κ3) is 3.76. The van der Waals surface area contributed by atoms with Crippen LogP contribution in [0.5, 0.6) is 5.75 Å². The first-order valence-corrected chi connectivity index (χ1v) is 9.86. The van der Waals surface area contributed by atoms with E-state index in [-0.39, 0.29) is 12.0 Å². The highest BCUT2D eigenvalue weighted by atomic mass is 19.3. The second-order valence-corrected chi connectivity index (χ2v) is 7.78. The maximum atomic E-state index is 14.9. The zero-order chi connectivity index (χ0) is 23.2. The number of halogens is 3. The van der Waals surface area contributed by atoms with E-state index in [1.165, 1.54) is 30.2 Å². The van der Waals surface area contributed by atoms with Crippen LogP contribution >= 0.6 is 0 Å². The number of nitrogens with zero attached hydrogens (tertiary/aromatic N) is 3. The van der Waals surface area contributed by atoms with Crippen molar-refractivity contribution < 1.29 is 27.5 Å². The van der Waals surface area contributed by atoms with Crippen molar-refractivity contribution in [3.8, 4) is 5.75 Å². The molecule has 0 radical (unpaired) electrons. The molecule has 2 aromatic carbocycles. The first-order chi connectivity index (χ1) is 15.1. The van der Waals surface area contributed by atoms with Gasteiger partial charge in [-0.1, -0.05) is 0 Å². The van der Waals surface area contributed by atoms with Crippen molar-refractivity contribution in [2.45, 2.75) is 31.4 Å². The molecule has 1 saturated heterocycles. The van der Waals surface area contributed by atoms with Gasteiger partial charge in [-0.05, 0) is 36.4 Å². The maximum absolute atomic E-state index is 14.9. The van der Waals surface area contributed by atoms with Gasteiger partial charge >= 0.3 is 5.92 Å². The molecule has 0 spiro atoms. The summed E-state index contributed by atoms with van der Waals surface area (Å²) in [5.41, 5.74) is 1.30. The van der Waals surface area contributed by atoms with Crippen LogP contribution in [0.4, 0.5) is 18.9 Å². The molecule has 1 unspecified atom stereocenters. The van der Waals surface area contributed by atoms with E-state index in [4.69, 9.17) is 4.74 Å². The molecule has 1 fully saturated rings. The molecule has 0 bridgehead atoms. The molecule has 0 aliphatic carbocycles. The Balaban J connectivity index is 1.83. The highest BCUT2D eigenvalue weighted by molar-refractivity contribution is 6.00. The number of carbonyl (C=O) groups excluding carboxylic acids is 2. The lowest BCUT2D eigenvalue weighted by molar-refractivity contribution is -0.143. The Morgan fingerprint density at radius 1 is 1.25 bits per heavy atom. The molecule has 2 atom stereocenters. The minimum Gasteiger partial charge on any atom is -0.497 e. The third-order valence-corrected chi connectivity index (χ3v) is 5.57. The fraction of sp³-hybridized carbons (Fsp3) is 0.318. The lowest BCUT2D eigenvalue weighted by atomic mass is 9.98. The van der Waals surface area contributed by atoms with Gasteiger partial charge in [-0.15, -0.1) is 0 Å². The number of hydrogen-bond donors (Lipinski definition) is 1. The monoisotopic (exact) mass is 446 g/mol. The molecular weight excluding hydrogens is 425 g/mol. The summed E-state index contributed by atoms with van der Waals surface area (Å²) in [4.78, 5) is 26.4. The van der Waals surface area contributed by atoms with E-state index < -0.39 is 35.6 Å². The molecule has 4 rings (SSSR count). The van der Waals surface area contributed by atoms with Crippen molar-refractivity contribution in [3.63, 3.8) is 0 Å². The predicted octanol–water partition coefficient (Wildman–Crippen LogP) is 3.34. The Kier molecular flexibility index (Phi) is 5.31. The van der Waals surface area contributed by atoms with Gasteiger partial charge in [0.1, 0.15) is 11.6 Å². The van der Waals surface area contributed by atoms with E-state index in [1.807, 2.05) is 0 Å². The maximum Gasteiger partial charge on any atom is 0.321 e. The van der Waals surface area contributed by atoms with Crippen LogP contribution in [0.1, 0.15) is 24.9 Å². The van der Waals surface area contributed by atoms with Gasteiger partial charge in [0.15, 0.2) is 0 Å². The van der Waals surface area contributed by atoms with Crippen LogP contribution in [0.3, 0.4) is 0 Å². The summed E-state index contributed by atoms with van der Waals surface area (Å²) >= 11 is 0. The summed E-state index contributed by atoms with van der Waals surface area (Å²) in [5, 5.41) is 7.15. The lowest BCUT2D eigenvalue weighted by Gasteiger charge is -2.30. The van der Waals surface area contributed by atoms with Crippen molar-refractivity contribution in [3.05, 3.63) is 54.0 Å². The zero-order valence-electron chi connectivity index (χ0n) is 17.6. The number of methoxy groups -OCH3 is 1. The normalized spacial score (nSPS) is 18.9. The summed E-state index contributed by atoms with van der Waals surface area (Å²) in [6.07, 6.45) is 1.35. The fourth-order valence-electron chi connectivity index (χ4n) is 4.00. The van der Waals surface area contributed by atoms with Crippen molar-refractivity contribution in [2.75, 3.05) is 12.0 Å². The van der Waals surface area contributed by atoms with Gasteiger partial charge < -0.3 is 15.0 Å². The Morgan fingerprint density at radius 2 is 2.00 bits per heavy atom. The van der Waals surface area contributed by atoms with Crippen LogP contribution < -0.4 is 15.0 Å². The highest BCUT2D eigenvalue weighted by Gasteiger charge is 2.46. The minimum absolute atomic E-state index is 0.0474. The number of anilines is 1. The third-order valence-electron chi connectivity index (χ3n) is 5.57. The number of ether oxygens (including phenoxy) is 1. The molecule has 3 aromatic rings. The molecule has 1 aromatic heterocycles. The van der Waals surface area contributed by atoms with Crippen molar-refractivity contribution in [1.29, 1.82) is 0 Å². The first kappa shape index (κ1) is 21.7. The quantitative estimate of drug-likeness (QED) is 0.652. The van der Waals surface area contributed by atoms with Crippen LogP contribution in [-0.2, 0) is 16.6 Å². The summed E-state index contributed by atoms with van der Waals surface area (Å²) in [6.45, 7) is 0.467. The lowest BCUT2D eigenvalue weighted by Crippen LogP contribution is -2.46. The molecule has 1 aliphatic rings. The average molecular weight is 446 g/mol. The van der Waals surface area contributed by atoms with Crippen molar-refractivity contribution >= 4 is 28.4 Å². The first-order valence-electron chi connectivity index (χ1n) is 9.86. The van der Waals surface area contributed by atoms with Gasteiger partial charge in [0.2, 0.25) is 5.91 Å². The van der Waals surface area contributed by atoms with Crippen molar-refractivity contribution in [2.24, 2.45) is 7.05 Å². The molecular formula is C22H21F3N4O3. The van der Waals surface area contributed by atoms with Gasteiger partial charge in [0.25, 0.3) is 5.91 Å². The largest absolute Gasteiger partial charge is 0.497 e. The molecule has 2 amide bonds. The van der Waals surface area contributed by atoms with Gasteiger partial charge in [-0.25, -0.2) is 4.39 Å². The summed E-state index contributed by atoms with van der Waals surface area (Å²) in [5.74, 6) is -5.95. The van der Waals surface area contributed by atoms with Crippen LogP contribution in [0, 0.1) is 5.82 Å². The van der Waals surface area contributed by atoms with Gasteiger partial charge in [-0.2, -0.15) is 13.9 Å². The van der Waals surface area contributed by atoms with E-state index in [0.29, 0.717) is 18.4 Å². The minimum atomic E-state index is -3.65. The number of aryl methyl sites for hydroxylation is 1. The van der Waals surface area contributed by atoms with E-state index in [0.717, 1.165) is 10.9 Å². The topological polar surface area (TPSA) is 76.5 Å². The number of aromatic nitrogens is 2. The number of hydrogen-bond acceptors (Lipinski definition) is 4. The standard InChI is InChI=1S/C22H21F3N4O3/c1-22(24,25)21(31)27-17-10-19(30)29(13-4-7-18-12(8-13)11-26-28(18)2)20(17)15-9-14(32-3)5-6-16(15)23/h4-9,11,17,20H,10H2,1-3H3,(H,27,31)/t17-,20?/m0/s1. The van der Waals surface area contributed by atoms with Crippen LogP contribution in [0.25, 0.3) is 10.9 Å². The van der Waals surface area contributed by atoms with E-state index >= 15 is 0 Å². The number of rotatable bonds is 5. The Hall–Kier alpha value is -3.56. The molecule has 168 valence electrons. The van der Waals surface area contributed by atoms with E-state index in [2.05, 4.69) is 10.4 Å². The molecule has 1 aliphatic heterocycles. The Labute approximate surface area is 181 Å². The van der Waals surface area contributed by atoms with E-state index in [1.54, 1.807) is 36.1 Å². The fourth-order valence-corrected chi connectivity index (χ4v) is 4.00. The number of benzene rings is 2. The van der Waals surface area contributed by atoms with E-state index in [9.17, 15) is 22.8 Å².